The van der Waals surface area contributed by atoms with Crippen LogP contribution < -0.4 is 10.2 Å². The Bertz CT molecular complexity index is 805. The maximum Gasteiger partial charge on any atom is 0.257 e. The highest BCUT2D eigenvalue weighted by Gasteiger charge is 2.26. The molecule has 2 aromatic rings. The maximum atomic E-state index is 12.3. The summed E-state index contributed by atoms with van der Waals surface area (Å²) in [5.41, 5.74) is 2.80. The fourth-order valence-electron chi connectivity index (χ4n) is 2.68. The van der Waals surface area contributed by atoms with E-state index in [1.165, 1.54) is 6.07 Å². The molecule has 118 valence electrons. The first-order valence-electron chi connectivity index (χ1n) is 7.19. The predicted octanol–water partition coefficient (Wildman–Crippen LogP) is 4.15. The van der Waals surface area contributed by atoms with Crippen molar-refractivity contribution in [1.82, 2.24) is 0 Å². The summed E-state index contributed by atoms with van der Waals surface area (Å²) >= 11 is 11.9. The van der Waals surface area contributed by atoms with E-state index < -0.39 is 0 Å². The van der Waals surface area contributed by atoms with E-state index >= 15 is 0 Å². The summed E-state index contributed by atoms with van der Waals surface area (Å²) in [4.78, 5) is 26.0. The molecule has 3 rings (SSSR count). The summed E-state index contributed by atoms with van der Waals surface area (Å²) in [6.07, 6.45) is 0.356. The van der Waals surface area contributed by atoms with Crippen molar-refractivity contribution in [2.24, 2.45) is 0 Å². The number of nitrogens with one attached hydrogen (secondary N) is 1. The highest BCUT2D eigenvalue weighted by molar-refractivity contribution is 6.37. The molecule has 23 heavy (non-hydrogen) atoms. The van der Waals surface area contributed by atoms with Crippen molar-refractivity contribution < 1.29 is 9.59 Å². The lowest BCUT2D eigenvalue weighted by molar-refractivity contribution is -0.117. The van der Waals surface area contributed by atoms with Crippen LogP contribution in [0, 0.1) is 0 Å². The lowest BCUT2D eigenvalue weighted by Crippen LogP contribution is -2.25. The van der Waals surface area contributed by atoms with Crippen molar-refractivity contribution in [3.05, 3.63) is 57.6 Å². The zero-order chi connectivity index (χ0) is 16.6. The highest BCUT2D eigenvalue weighted by Crippen LogP contribution is 2.31. The maximum absolute atomic E-state index is 12.3. The number of amides is 2. The number of rotatable bonds is 3. The Morgan fingerprint density at radius 3 is 2.70 bits per heavy atom. The third-order valence-electron chi connectivity index (χ3n) is 3.76. The highest BCUT2D eigenvalue weighted by atomic mass is 35.5. The van der Waals surface area contributed by atoms with Gasteiger partial charge in [0, 0.05) is 22.9 Å². The van der Waals surface area contributed by atoms with E-state index in [1.807, 2.05) is 19.1 Å². The molecular formula is C17H14Cl2N2O2. The molecule has 0 bridgehead atoms. The van der Waals surface area contributed by atoms with Crippen LogP contribution in [0.15, 0.2) is 36.4 Å². The molecule has 1 aliphatic heterocycles. The van der Waals surface area contributed by atoms with Gasteiger partial charge in [0.15, 0.2) is 0 Å². The molecule has 0 aliphatic carbocycles. The van der Waals surface area contributed by atoms with Gasteiger partial charge >= 0.3 is 0 Å². The van der Waals surface area contributed by atoms with Gasteiger partial charge in [-0.1, -0.05) is 23.2 Å². The molecule has 0 spiro atoms. The number of fused-ring (bicyclic) bond motifs is 1. The zero-order valence-corrected chi connectivity index (χ0v) is 13.9. The van der Waals surface area contributed by atoms with Crippen molar-refractivity contribution in [3.63, 3.8) is 0 Å². The molecule has 0 radical (unpaired) electrons. The Labute approximate surface area is 144 Å². The van der Waals surface area contributed by atoms with Crippen molar-refractivity contribution in [1.29, 1.82) is 0 Å². The molecule has 1 aliphatic rings. The molecule has 0 saturated heterocycles. The minimum Gasteiger partial charge on any atom is -0.322 e. The summed E-state index contributed by atoms with van der Waals surface area (Å²) in [7, 11) is 0. The van der Waals surface area contributed by atoms with Gasteiger partial charge in [0.05, 0.1) is 17.0 Å². The van der Waals surface area contributed by atoms with E-state index in [9.17, 15) is 9.59 Å². The molecule has 2 amide bonds. The van der Waals surface area contributed by atoms with E-state index in [0.29, 0.717) is 34.3 Å². The molecule has 0 saturated carbocycles. The van der Waals surface area contributed by atoms with Crippen molar-refractivity contribution in [3.8, 4) is 0 Å². The second-order valence-corrected chi connectivity index (χ2v) is 6.08. The lowest BCUT2D eigenvalue weighted by atomic mass is 10.1. The molecule has 2 aromatic carbocycles. The number of nitrogens with zero attached hydrogens (tertiary/aromatic N) is 1. The molecule has 1 heterocycles. The first-order valence-corrected chi connectivity index (χ1v) is 7.95. The van der Waals surface area contributed by atoms with Crippen LogP contribution in [0.25, 0.3) is 0 Å². The zero-order valence-electron chi connectivity index (χ0n) is 12.4. The number of hydrogen-bond donors (Lipinski definition) is 1. The smallest absolute Gasteiger partial charge is 0.257 e. The van der Waals surface area contributed by atoms with Gasteiger partial charge in [-0.15, -0.1) is 0 Å². The number of benzene rings is 2. The van der Waals surface area contributed by atoms with E-state index in [1.54, 1.807) is 23.1 Å². The van der Waals surface area contributed by atoms with Gasteiger partial charge in [-0.25, -0.2) is 0 Å². The van der Waals surface area contributed by atoms with E-state index in [0.717, 1.165) is 11.3 Å². The number of hydrogen-bond acceptors (Lipinski definition) is 2. The van der Waals surface area contributed by atoms with Gasteiger partial charge in [0.25, 0.3) is 5.91 Å². The van der Waals surface area contributed by atoms with Crippen LogP contribution in [0.3, 0.4) is 0 Å². The SMILES string of the molecule is CCN1C(=O)Cc2cc(NC(=O)c3ccc(Cl)cc3Cl)ccc21. The van der Waals surface area contributed by atoms with Gasteiger partial charge < -0.3 is 10.2 Å². The minimum absolute atomic E-state index is 0.0757. The average Bonchev–Trinajstić information content (AvgIpc) is 2.81. The van der Waals surface area contributed by atoms with Gasteiger partial charge in [-0.3, -0.25) is 9.59 Å². The molecule has 0 unspecified atom stereocenters. The third kappa shape index (κ3) is 3.05. The topological polar surface area (TPSA) is 49.4 Å². The Kier molecular flexibility index (Phi) is 4.28. The lowest BCUT2D eigenvalue weighted by Gasteiger charge is -2.15. The van der Waals surface area contributed by atoms with Crippen LogP contribution in [-0.2, 0) is 11.2 Å². The van der Waals surface area contributed by atoms with E-state index in [-0.39, 0.29) is 11.8 Å². The summed E-state index contributed by atoms with van der Waals surface area (Å²) in [6, 6.07) is 10.2. The van der Waals surface area contributed by atoms with Crippen molar-refractivity contribution >= 4 is 46.4 Å². The normalized spacial score (nSPS) is 13.2. The molecule has 4 nitrogen and oxygen atoms in total. The van der Waals surface area contributed by atoms with Crippen LogP contribution >= 0.6 is 23.2 Å². The van der Waals surface area contributed by atoms with Crippen molar-refractivity contribution in [2.45, 2.75) is 13.3 Å². The number of likely N-dealkylation sites (N-methyl/N-ethyl adjacent to an activating group) is 1. The summed E-state index contributed by atoms with van der Waals surface area (Å²) in [5, 5.41) is 3.57. The average molecular weight is 349 g/mol. The number of carbonyl (C=O) groups is 2. The summed E-state index contributed by atoms with van der Waals surface area (Å²) in [6.45, 7) is 2.57. The summed E-state index contributed by atoms with van der Waals surface area (Å²) in [5.74, 6) is -0.241. The summed E-state index contributed by atoms with van der Waals surface area (Å²) < 4.78 is 0. The fraction of sp³-hybridized carbons (Fsp3) is 0.176. The quantitative estimate of drug-likeness (QED) is 0.905. The van der Waals surface area contributed by atoms with Crippen molar-refractivity contribution in [2.75, 3.05) is 16.8 Å². The fourth-order valence-corrected chi connectivity index (χ4v) is 3.17. The number of carbonyl (C=O) groups excluding carboxylic acids is 2. The van der Waals surface area contributed by atoms with Gasteiger partial charge in [0.2, 0.25) is 5.91 Å². The first-order chi connectivity index (χ1) is 11.0. The van der Waals surface area contributed by atoms with E-state index in [2.05, 4.69) is 5.32 Å². The first kappa shape index (κ1) is 15.8. The number of anilines is 2. The Balaban J connectivity index is 1.83. The van der Waals surface area contributed by atoms with Gasteiger partial charge in [-0.05, 0) is 48.9 Å². The third-order valence-corrected chi connectivity index (χ3v) is 4.31. The van der Waals surface area contributed by atoms with Gasteiger partial charge in [-0.2, -0.15) is 0 Å². The second-order valence-electron chi connectivity index (χ2n) is 5.24. The van der Waals surface area contributed by atoms with Crippen LogP contribution in [0.5, 0.6) is 0 Å². The Morgan fingerprint density at radius 2 is 2.00 bits per heavy atom. The Hall–Kier alpha value is -2.04. The van der Waals surface area contributed by atoms with Crippen LogP contribution in [-0.4, -0.2) is 18.4 Å². The van der Waals surface area contributed by atoms with E-state index in [4.69, 9.17) is 23.2 Å². The standard InChI is InChI=1S/C17H14Cl2N2O2/c1-2-21-15-6-4-12(7-10(15)8-16(21)22)20-17(23)13-5-3-11(18)9-14(13)19/h3-7,9H,2,8H2,1H3,(H,20,23). The number of halogens is 2. The second kappa shape index (κ2) is 6.22. The molecule has 0 fully saturated rings. The largest absolute Gasteiger partial charge is 0.322 e. The Morgan fingerprint density at radius 1 is 1.22 bits per heavy atom. The monoisotopic (exact) mass is 348 g/mol. The van der Waals surface area contributed by atoms with Crippen LogP contribution in [0.2, 0.25) is 10.0 Å². The minimum atomic E-state index is -0.316. The van der Waals surface area contributed by atoms with Crippen LogP contribution in [0.4, 0.5) is 11.4 Å². The molecule has 0 aromatic heterocycles. The molecular weight excluding hydrogens is 335 g/mol. The molecule has 0 atom stereocenters. The molecule has 1 N–H and O–H groups in total. The van der Waals surface area contributed by atoms with Crippen LogP contribution in [0.1, 0.15) is 22.8 Å². The van der Waals surface area contributed by atoms with Gasteiger partial charge in [0.1, 0.15) is 0 Å². The predicted molar refractivity (Wildman–Crippen MR) is 92.6 cm³/mol. The molecule has 6 heteroatoms.